The van der Waals surface area contributed by atoms with Gasteiger partial charge in [-0.3, -0.25) is 10.1 Å². The van der Waals surface area contributed by atoms with Gasteiger partial charge in [-0.2, -0.15) is 0 Å². The summed E-state index contributed by atoms with van der Waals surface area (Å²) in [7, 11) is 0. The fourth-order valence-corrected chi connectivity index (χ4v) is 3.91. The molecule has 2 aromatic heterocycles. The van der Waals surface area contributed by atoms with E-state index in [-0.39, 0.29) is 11.2 Å². The van der Waals surface area contributed by atoms with Gasteiger partial charge in [-0.1, -0.05) is 48.7 Å². The Hall–Kier alpha value is -1.19. The van der Waals surface area contributed by atoms with Crippen molar-refractivity contribution in [2.75, 3.05) is 11.1 Å². The van der Waals surface area contributed by atoms with E-state index in [1.165, 1.54) is 23.1 Å². The maximum Gasteiger partial charge on any atom is 0.239 e. The number of amides is 1. The molecule has 1 atom stereocenters. The molecule has 2 heterocycles. The van der Waals surface area contributed by atoms with Gasteiger partial charge in [-0.05, 0) is 18.2 Å². The molecule has 0 saturated carbocycles. The summed E-state index contributed by atoms with van der Waals surface area (Å²) in [5, 5.41) is 11.7. The van der Waals surface area contributed by atoms with Crippen LogP contribution in [0.4, 0.5) is 5.13 Å². The Morgan fingerprint density at radius 3 is 2.76 bits per heavy atom. The third-order valence-electron chi connectivity index (χ3n) is 2.36. The third kappa shape index (κ3) is 4.94. The zero-order valence-electron chi connectivity index (χ0n) is 11.6. The molecule has 2 rings (SSSR count). The van der Waals surface area contributed by atoms with Crippen molar-refractivity contribution in [2.24, 2.45) is 0 Å². The van der Waals surface area contributed by atoms with E-state index in [2.05, 4.69) is 25.5 Å². The largest absolute Gasteiger partial charge is 0.300 e. The van der Waals surface area contributed by atoms with Gasteiger partial charge in [-0.25, -0.2) is 9.97 Å². The van der Waals surface area contributed by atoms with Crippen LogP contribution in [0.15, 0.2) is 28.0 Å². The number of carbonyl (C=O) groups excluding carboxylic acids is 1. The number of anilines is 1. The average molecular weight is 341 g/mol. The molecule has 0 bridgehead atoms. The van der Waals surface area contributed by atoms with Gasteiger partial charge in [0.1, 0.15) is 0 Å². The smallest absolute Gasteiger partial charge is 0.239 e. The molecule has 112 valence electrons. The molecule has 0 aliphatic heterocycles. The molecule has 0 aliphatic carbocycles. The molecule has 6 nitrogen and oxygen atoms in total. The number of carbonyl (C=O) groups is 1. The number of nitrogens with zero attached hydrogens (tertiary/aromatic N) is 4. The van der Waals surface area contributed by atoms with E-state index in [1.54, 1.807) is 30.2 Å². The molecule has 1 unspecified atom stereocenters. The van der Waals surface area contributed by atoms with E-state index < -0.39 is 0 Å². The Morgan fingerprint density at radius 1 is 1.33 bits per heavy atom. The van der Waals surface area contributed by atoms with Gasteiger partial charge in [0, 0.05) is 12.4 Å². The lowest BCUT2D eigenvalue weighted by molar-refractivity contribution is -0.115. The zero-order valence-corrected chi connectivity index (χ0v) is 14.1. The molecule has 9 heteroatoms. The minimum Gasteiger partial charge on any atom is -0.300 e. The van der Waals surface area contributed by atoms with Crippen LogP contribution in [0.2, 0.25) is 0 Å². The summed E-state index contributed by atoms with van der Waals surface area (Å²) in [6.45, 7) is 4.01. The lowest BCUT2D eigenvalue weighted by Gasteiger charge is -2.11. The minimum atomic E-state index is -0.251. The molecule has 0 aliphatic rings. The standard InChI is InChI=1S/C12H15N5OS3/c1-3-8(20-10-13-6-5-7-14-10)9(18)15-11-16-17-12(21-11)19-4-2/h5-8H,3-4H2,1-2H3,(H,15,16,18). The number of aromatic nitrogens is 4. The summed E-state index contributed by atoms with van der Waals surface area (Å²) in [6, 6.07) is 1.75. The SMILES string of the molecule is CCSc1nnc(NC(=O)C(CC)Sc2ncccn2)s1. The maximum atomic E-state index is 12.3. The summed E-state index contributed by atoms with van der Waals surface area (Å²) >= 11 is 4.35. The number of hydrogen-bond donors (Lipinski definition) is 1. The number of nitrogens with one attached hydrogen (secondary N) is 1. The van der Waals surface area contributed by atoms with Gasteiger partial charge in [-0.15, -0.1) is 10.2 Å². The van der Waals surface area contributed by atoms with E-state index in [4.69, 9.17) is 0 Å². The van der Waals surface area contributed by atoms with E-state index in [0.29, 0.717) is 16.7 Å². The second-order valence-electron chi connectivity index (χ2n) is 3.84. The predicted octanol–water partition coefficient (Wildman–Crippen LogP) is 2.95. The van der Waals surface area contributed by atoms with E-state index in [1.807, 2.05) is 13.8 Å². The van der Waals surface area contributed by atoms with Crippen molar-refractivity contribution < 1.29 is 4.79 Å². The summed E-state index contributed by atoms with van der Waals surface area (Å²) in [4.78, 5) is 20.5. The predicted molar refractivity (Wildman–Crippen MR) is 86.9 cm³/mol. The van der Waals surface area contributed by atoms with E-state index in [9.17, 15) is 4.79 Å². The Kier molecular flexibility index (Phi) is 6.40. The van der Waals surface area contributed by atoms with Crippen molar-refractivity contribution >= 4 is 45.9 Å². The van der Waals surface area contributed by atoms with Gasteiger partial charge in [0.25, 0.3) is 0 Å². The van der Waals surface area contributed by atoms with Crippen molar-refractivity contribution in [3.8, 4) is 0 Å². The fourth-order valence-electron chi connectivity index (χ4n) is 1.42. The van der Waals surface area contributed by atoms with Crippen LogP contribution in [0.1, 0.15) is 20.3 Å². The van der Waals surface area contributed by atoms with Crippen LogP contribution in [-0.4, -0.2) is 37.1 Å². The number of rotatable bonds is 7. The monoisotopic (exact) mass is 341 g/mol. The van der Waals surface area contributed by atoms with Gasteiger partial charge < -0.3 is 0 Å². The highest BCUT2D eigenvalue weighted by Crippen LogP contribution is 2.27. The van der Waals surface area contributed by atoms with Gasteiger partial charge in [0.15, 0.2) is 9.50 Å². The molecule has 0 radical (unpaired) electrons. The summed E-state index contributed by atoms with van der Waals surface area (Å²) in [6.07, 6.45) is 4.02. The molecular weight excluding hydrogens is 326 g/mol. The number of hydrogen-bond acceptors (Lipinski definition) is 8. The highest BCUT2D eigenvalue weighted by Gasteiger charge is 2.20. The highest BCUT2D eigenvalue weighted by molar-refractivity contribution is 8.01. The maximum absolute atomic E-state index is 12.3. The van der Waals surface area contributed by atoms with Gasteiger partial charge in [0.05, 0.1) is 5.25 Å². The molecular formula is C12H15N5OS3. The van der Waals surface area contributed by atoms with Gasteiger partial charge in [0.2, 0.25) is 11.0 Å². The second-order valence-corrected chi connectivity index (χ2v) is 7.50. The van der Waals surface area contributed by atoms with E-state index >= 15 is 0 Å². The lowest BCUT2D eigenvalue weighted by atomic mass is 10.3. The lowest BCUT2D eigenvalue weighted by Crippen LogP contribution is -2.24. The highest BCUT2D eigenvalue weighted by atomic mass is 32.2. The fraction of sp³-hybridized carbons (Fsp3) is 0.417. The van der Waals surface area contributed by atoms with Crippen LogP contribution in [0.25, 0.3) is 0 Å². The van der Waals surface area contributed by atoms with Crippen LogP contribution in [-0.2, 0) is 4.79 Å². The topological polar surface area (TPSA) is 80.7 Å². The van der Waals surface area contributed by atoms with Crippen LogP contribution in [0.5, 0.6) is 0 Å². The summed E-state index contributed by atoms with van der Waals surface area (Å²) in [5.41, 5.74) is 0. The first kappa shape index (κ1) is 16.2. The number of thioether (sulfide) groups is 2. The minimum absolute atomic E-state index is 0.0980. The third-order valence-corrected chi connectivity index (χ3v) is 5.47. The molecule has 1 amide bonds. The van der Waals surface area contributed by atoms with Crippen molar-refractivity contribution in [1.82, 2.24) is 20.2 Å². The molecule has 0 fully saturated rings. The van der Waals surface area contributed by atoms with Crippen LogP contribution in [0.3, 0.4) is 0 Å². The first-order chi connectivity index (χ1) is 10.2. The first-order valence-electron chi connectivity index (χ1n) is 6.43. The Labute approximate surface area is 135 Å². The Morgan fingerprint density at radius 2 is 2.10 bits per heavy atom. The second kappa shape index (κ2) is 8.30. The zero-order chi connectivity index (χ0) is 15.1. The normalized spacial score (nSPS) is 12.1. The Balaban J connectivity index is 1.96. The first-order valence-corrected chi connectivity index (χ1v) is 9.12. The quantitative estimate of drug-likeness (QED) is 0.471. The van der Waals surface area contributed by atoms with Crippen molar-refractivity contribution in [2.45, 2.75) is 35.0 Å². The van der Waals surface area contributed by atoms with Crippen molar-refractivity contribution in [3.63, 3.8) is 0 Å². The van der Waals surface area contributed by atoms with Crippen LogP contribution < -0.4 is 5.32 Å². The average Bonchev–Trinajstić information content (AvgIpc) is 2.93. The van der Waals surface area contributed by atoms with E-state index in [0.717, 1.165) is 10.1 Å². The van der Waals surface area contributed by atoms with Crippen molar-refractivity contribution in [1.29, 1.82) is 0 Å². The molecule has 1 N–H and O–H groups in total. The Bertz CT molecular complexity index is 577. The summed E-state index contributed by atoms with van der Waals surface area (Å²) < 4.78 is 0.861. The van der Waals surface area contributed by atoms with Crippen LogP contribution >= 0.6 is 34.9 Å². The van der Waals surface area contributed by atoms with Crippen LogP contribution in [0, 0.1) is 0 Å². The summed E-state index contributed by atoms with van der Waals surface area (Å²) in [5.74, 6) is 0.834. The molecule has 2 aromatic rings. The molecule has 0 saturated heterocycles. The molecule has 21 heavy (non-hydrogen) atoms. The molecule has 0 aromatic carbocycles. The van der Waals surface area contributed by atoms with Gasteiger partial charge >= 0.3 is 0 Å². The van der Waals surface area contributed by atoms with Crippen molar-refractivity contribution in [3.05, 3.63) is 18.5 Å². The molecule has 0 spiro atoms.